The maximum absolute atomic E-state index is 12.4. The number of carbonyl (C=O) groups is 2. The quantitative estimate of drug-likeness (QED) is 0.808. The van der Waals surface area contributed by atoms with Crippen molar-refractivity contribution in [3.63, 3.8) is 0 Å². The third-order valence-electron chi connectivity index (χ3n) is 2.82. The number of rotatable bonds is 4. The summed E-state index contributed by atoms with van der Waals surface area (Å²) in [6, 6.07) is 4.79. The van der Waals surface area contributed by atoms with Gasteiger partial charge in [-0.05, 0) is 12.1 Å². The average molecular weight is 311 g/mol. The van der Waals surface area contributed by atoms with Crippen LogP contribution in [-0.2, 0) is 19.6 Å². The predicted molar refractivity (Wildman–Crippen MR) is 73.7 cm³/mol. The highest BCUT2D eigenvalue weighted by Gasteiger charge is 2.32. The first-order valence-corrected chi connectivity index (χ1v) is 7.41. The van der Waals surface area contributed by atoms with Crippen molar-refractivity contribution in [2.24, 2.45) is 4.99 Å². The summed E-state index contributed by atoms with van der Waals surface area (Å²) >= 11 is 0. The molecule has 0 aromatic heterocycles. The molecule has 8 nitrogen and oxygen atoms in total. The van der Waals surface area contributed by atoms with Gasteiger partial charge in [-0.3, -0.25) is 9.10 Å². The molecule has 0 fully saturated rings. The van der Waals surface area contributed by atoms with Crippen LogP contribution in [0, 0.1) is 0 Å². The van der Waals surface area contributed by atoms with E-state index in [0.29, 0.717) is 5.69 Å². The van der Waals surface area contributed by atoms with E-state index in [4.69, 9.17) is 5.11 Å². The zero-order valence-corrected chi connectivity index (χ0v) is 11.9. The number of hydrogen-bond donors (Lipinski definition) is 2. The fourth-order valence-corrected chi connectivity index (χ4v) is 3.26. The summed E-state index contributed by atoms with van der Waals surface area (Å²) in [5, 5.41) is 11.2. The summed E-state index contributed by atoms with van der Waals surface area (Å²) in [7, 11) is -3.88. The number of carboxylic acids is 1. The smallest absolute Gasteiger partial charge is 0.328 e. The Labute approximate surface area is 121 Å². The second-order valence-corrected chi connectivity index (χ2v) is 6.24. The molecule has 1 unspecified atom stereocenters. The van der Waals surface area contributed by atoms with Gasteiger partial charge in [0.1, 0.15) is 17.3 Å². The number of fused-ring (bicyclic) bond motifs is 1. The number of para-hydroxylation sites is 1. The first-order chi connectivity index (χ1) is 9.82. The summed E-state index contributed by atoms with van der Waals surface area (Å²) < 4.78 is 25.6. The van der Waals surface area contributed by atoms with Crippen LogP contribution in [0.25, 0.3) is 0 Å². The van der Waals surface area contributed by atoms with Crippen LogP contribution in [0.5, 0.6) is 0 Å². The highest BCUT2D eigenvalue weighted by molar-refractivity contribution is 7.89. The molecule has 112 valence electrons. The van der Waals surface area contributed by atoms with E-state index in [0.717, 1.165) is 17.6 Å². The molecule has 1 atom stereocenters. The van der Waals surface area contributed by atoms with E-state index < -0.39 is 34.5 Å². The summed E-state index contributed by atoms with van der Waals surface area (Å²) in [6.07, 6.45) is 1.05. The molecule has 1 aliphatic rings. The Morgan fingerprint density at radius 2 is 2.05 bits per heavy atom. The first-order valence-electron chi connectivity index (χ1n) is 5.97. The van der Waals surface area contributed by atoms with Crippen LogP contribution in [0.4, 0.5) is 5.69 Å². The third kappa shape index (κ3) is 3.02. The zero-order valence-electron chi connectivity index (χ0n) is 11.1. The Morgan fingerprint density at radius 1 is 1.38 bits per heavy atom. The van der Waals surface area contributed by atoms with Crippen LogP contribution >= 0.6 is 0 Å². The van der Waals surface area contributed by atoms with Crippen molar-refractivity contribution >= 4 is 33.9 Å². The molecule has 21 heavy (non-hydrogen) atoms. The molecular formula is C12H13N3O5S. The molecule has 0 bridgehead atoms. The fraction of sp³-hybridized carbons (Fsp3) is 0.250. The van der Waals surface area contributed by atoms with E-state index in [1.165, 1.54) is 6.07 Å². The molecule has 0 saturated heterocycles. The number of benzene rings is 1. The van der Waals surface area contributed by atoms with Crippen molar-refractivity contribution in [1.29, 1.82) is 0 Å². The molecule has 0 spiro atoms. The summed E-state index contributed by atoms with van der Waals surface area (Å²) in [6.45, 7) is 0.721. The number of aliphatic carboxylic acids is 1. The van der Waals surface area contributed by atoms with Crippen molar-refractivity contribution in [3.05, 3.63) is 24.3 Å². The minimum Gasteiger partial charge on any atom is -0.480 e. The molecule has 0 saturated carbocycles. The lowest BCUT2D eigenvalue weighted by molar-refractivity contribution is -0.141. The van der Waals surface area contributed by atoms with Gasteiger partial charge in [-0.2, -0.15) is 0 Å². The lowest BCUT2D eigenvalue weighted by atomic mass is 10.3. The Balaban J connectivity index is 2.30. The minimum absolute atomic E-state index is 0.000497. The minimum atomic E-state index is -3.88. The lowest BCUT2D eigenvalue weighted by Gasteiger charge is -2.26. The maximum Gasteiger partial charge on any atom is 0.328 e. The van der Waals surface area contributed by atoms with Gasteiger partial charge in [0.15, 0.2) is 0 Å². The number of carbonyl (C=O) groups excluding carboxylic acids is 1. The van der Waals surface area contributed by atoms with Gasteiger partial charge < -0.3 is 10.4 Å². The first kappa shape index (κ1) is 15.0. The van der Waals surface area contributed by atoms with Crippen LogP contribution in [-0.4, -0.2) is 48.6 Å². The molecule has 0 radical (unpaired) electrons. The van der Waals surface area contributed by atoms with Crippen LogP contribution in [0.2, 0.25) is 0 Å². The molecule has 1 aromatic rings. The standard InChI is InChI=1S/C12H13N3O5S/c1-8(16)14-10(12(17)18)6-15-7-13-9-4-2-3-5-11(9)21(15,19)20/h2-5,7,10H,6H2,1H3,(H,14,16)(H,17,18). The van der Waals surface area contributed by atoms with Gasteiger partial charge >= 0.3 is 5.97 Å². The number of hydrogen-bond acceptors (Lipinski definition) is 5. The Bertz CT molecular complexity index is 713. The second kappa shape index (κ2) is 5.52. The maximum atomic E-state index is 12.4. The van der Waals surface area contributed by atoms with E-state index in [1.54, 1.807) is 18.2 Å². The average Bonchev–Trinajstić information content (AvgIpc) is 2.40. The van der Waals surface area contributed by atoms with E-state index >= 15 is 0 Å². The van der Waals surface area contributed by atoms with Crippen molar-refractivity contribution in [2.75, 3.05) is 6.54 Å². The SMILES string of the molecule is CC(=O)NC(CN1C=Nc2ccccc2S1(=O)=O)C(=O)O. The van der Waals surface area contributed by atoms with Crippen LogP contribution < -0.4 is 5.32 Å². The van der Waals surface area contributed by atoms with Gasteiger partial charge in [-0.15, -0.1) is 0 Å². The molecule has 1 amide bonds. The summed E-state index contributed by atoms with van der Waals surface area (Å²) in [5.41, 5.74) is 0.292. The third-order valence-corrected chi connectivity index (χ3v) is 4.58. The van der Waals surface area contributed by atoms with Crippen molar-refractivity contribution in [1.82, 2.24) is 9.62 Å². The van der Waals surface area contributed by atoms with Gasteiger partial charge in [-0.25, -0.2) is 18.2 Å². The topological polar surface area (TPSA) is 116 Å². The van der Waals surface area contributed by atoms with Crippen LogP contribution in [0.3, 0.4) is 0 Å². The number of nitrogens with one attached hydrogen (secondary N) is 1. The molecule has 0 aliphatic carbocycles. The van der Waals surface area contributed by atoms with Crippen molar-refractivity contribution in [3.8, 4) is 0 Å². The number of nitrogens with zero attached hydrogens (tertiary/aromatic N) is 2. The van der Waals surface area contributed by atoms with Gasteiger partial charge in [0.25, 0.3) is 10.0 Å². The second-order valence-electron chi connectivity index (χ2n) is 4.38. The predicted octanol–water partition coefficient (Wildman–Crippen LogP) is -0.0600. The fourth-order valence-electron chi connectivity index (χ4n) is 1.85. The summed E-state index contributed by atoms with van der Waals surface area (Å²) in [5.74, 6) is -1.89. The largest absolute Gasteiger partial charge is 0.480 e. The number of sulfonamides is 1. The summed E-state index contributed by atoms with van der Waals surface area (Å²) in [4.78, 5) is 26.0. The van der Waals surface area contributed by atoms with Crippen LogP contribution in [0.15, 0.2) is 34.2 Å². The molecular weight excluding hydrogens is 298 g/mol. The lowest BCUT2D eigenvalue weighted by Crippen LogP contribution is -2.49. The Hall–Kier alpha value is -2.42. The number of amides is 1. The van der Waals surface area contributed by atoms with Gasteiger partial charge in [0.2, 0.25) is 5.91 Å². The van der Waals surface area contributed by atoms with Gasteiger partial charge in [-0.1, -0.05) is 12.1 Å². The highest BCUT2D eigenvalue weighted by Crippen LogP contribution is 2.29. The molecule has 9 heteroatoms. The van der Waals surface area contributed by atoms with E-state index in [2.05, 4.69) is 10.3 Å². The van der Waals surface area contributed by atoms with Gasteiger partial charge in [0.05, 0.1) is 12.2 Å². The highest BCUT2D eigenvalue weighted by atomic mass is 32.2. The number of aliphatic imine (C=N–C) groups is 1. The molecule has 1 heterocycles. The normalized spacial score (nSPS) is 16.9. The van der Waals surface area contributed by atoms with Gasteiger partial charge in [0, 0.05) is 6.92 Å². The zero-order chi connectivity index (χ0) is 15.6. The van der Waals surface area contributed by atoms with Crippen molar-refractivity contribution in [2.45, 2.75) is 17.9 Å². The Kier molecular flexibility index (Phi) is 3.94. The van der Waals surface area contributed by atoms with E-state index in [-0.39, 0.29) is 4.90 Å². The Morgan fingerprint density at radius 3 is 2.67 bits per heavy atom. The monoisotopic (exact) mass is 311 g/mol. The molecule has 1 aliphatic heterocycles. The van der Waals surface area contributed by atoms with Crippen molar-refractivity contribution < 1.29 is 23.1 Å². The molecule has 2 rings (SSSR count). The van der Waals surface area contributed by atoms with Crippen LogP contribution in [0.1, 0.15) is 6.92 Å². The number of carboxylic acid groups (broad SMARTS) is 1. The molecule has 2 N–H and O–H groups in total. The van der Waals surface area contributed by atoms with E-state index in [9.17, 15) is 18.0 Å². The molecule has 1 aromatic carbocycles. The van der Waals surface area contributed by atoms with E-state index in [1.807, 2.05) is 0 Å².